The zero-order chi connectivity index (χ0) is 14.4. The topological polar surface area (TPSA) is 44.4 Å². The fourth-order valence-corrected chi connectivity index (χ4v) is 2.65. The van der Waals surface area contributed by atoms with E-state index in [4.69, 9.17) is 0 Å². The van der Waals surface area contributed by atoms with Gasteiger partial charge in [-0.1, -0.05) is 18.2 Å². The number of benzene rings is 1. The van der Waals surface area contributed by atoms with Gasteiger partial charge in [0, 0.05) is 24.7 Å². The van der Waals surface area contributed by atoms with Crippen molar-refractivity contribution in [1.82, 2.24) is 15.5 Å². The number of carbonyl (C=O) groups excluding carboxylic acids is 1. The number of hydrogen-bond donors (Lipinski definition) is 2. The number of nitrogens with one attached hydrogen (secondary N) is 2. The van der Waals surface area contributed by atoms with E-state index in [-0.39, 0.29) is 18.3 Å². The van der Waals surface area contributed by atoms with Gasteiger partial charge in [-0.25, -0.2) is 4.39 Å². The number of hydrogen-bond acceptors (Lipinski definition) is 3. The molecule has 0 aliphatic carbocycles. The Kier molecular flexibility index (Phi) is 5.49. The van der Waals surface area contributed by atoms with Crippen LogP contribution >= 0.6 is 0 Å². The summed E-state index contributed by atoms with van der Waals surface area (Å²) in [7, 11) is 1.93. The van der Waals surface area contributed by atoms with Crippen LogP contribution in [0.1, 0.15) is 18.4 Å². The standard InChI is InChI=1S/C15H22FN3O/c1-17-10-13-6-4-8-19(13)11-15(20)18-9-12-5-2-3-7-14(12)16/h2-3,5,7,13,17H,4,6,8-11H2,1H3,(H,18,20). The second kappa shape index (κ2) is 7.36. The fourth-order valence-electron chi connectivity index (χ4n) is 2.65. The maximum Gasteiger partial charge on any atom is 0.234 e. The van der Waals surface area contributed by atoms with Gasteiger partial charge >= 0.3 is 0 Å². The van der Waals surface area contributed by atoms with Crippen molar-refractivity contribution >= 4 is 5.91 Å². The molecule has 1 saturated heterocycles. The van der Waals surface area contributed by atoms with E-state index in [0.29, 0.717) is 18.2 Å². The van der Waals surface area contributed by atoms with Crippen LogP contribution in [0.2, 0.25) is 0 Å². The summed E-state index contributed by atoms with van der Waals surface area (Å²) in [6, 6.07) is 6.95. The Hall–Kier alpha value is -1.46. The van der Waals surface area contributed by atoms with E-state index in [9.17, 15) is 9.18 Å². The van der Waals surface area contributed by atoms with Gasteiger partial charge in [-0.3, -0.25) is 9.69 Å². The molecule has 1 aromatic rings. The van der Waals surface area contributed by atoms with E-state index in [2.05, 4.69) is 15.5 Å². The largest absolute Gasteiger partial charge is 0.351 e. The molecule has 20 heavy (non-hydrogen) atoms. The van der Waals surface area contributed by atoms with Crippen LogP contribution in [0.25, 0.3) is 0 Å². The molecule has 0 radical (unpaired) electrons. The normalized spacial score (nSPS) is 19.2. The molecule has 1 fully saturated rings. The Morgan fingerprint density at radius 3 is 3.00 bits per heavy atom. The van der Waals surface area contributed by atoms with Gasteiger partial charge in [-0.15, -0.1) is 0 Å². The van der Waals surface area contributed by atoms with Crippen LogP contribution < -0.4 is 10.6 Å². The number of likely N-dealkylation sites (tertiary alicyclic amines) is 1. The molecule has 0 spiro atoms. The van der Waals surface area contributed by atoms with E-state index < -0.39 is 0 Å². The van der Waals surface area contributed by atoms with Crippen molar-refractivity contribution in [3.63, 3.8) is 0 Å². The van der Waals surface area contributed by atoms with Gasteiger partial charge in [0.2, 0.25) is 5.91 Å². The minimum Gasteiger partial charge on any atom is -0.351 e. The molecule has 1 aliphatic heterocycles. The molecule has 2 N–H and O–H groups in total. The number of carbonyl (C=O) groups is 1. The highest BCUT2D eigenvalue weighted by Crippen LogP contribution is 2.15. The molecule has 1 unspecified atom stereocenters. The molecule has 1 aromatic carbocycles. The minimum absolute atomic E-state index is 0.0451. The van der Waals surface area contributed by atoms with Crippen molar-refractivity contribution in [2.24, 2.45) is 0 Å². The monoisotopic (exact) mass is 279 g/mol. The van der Waals surface area contributed by atoms with Crippen molar-refractivity contribution in [2.45, 2.75) is 25.4 Å². The average Bonchev–Trinajstić information content (AvgIpc) is 2.86. The van der Waals surface area contributed by atoms with Crippen LogP contribution in [0, 0.1) is 5.82 Å². The zero-order valence-electron chi connectivity index (χ0n) is 11.9. The van der Waals surface area contributed by atoms with Crippen molar-refractivity contribution in [3.8, 4) is 0 Å². The van der Waals surface area contributed by atoms with Gasteiger partial charge in [0.1, 0.15) is 5.82 Å². The van der Waals surface area contributed by atoms with E-state index in [0.717, 1.165) is 25.9 Å². The van der Waals surface area contributed by atoms with Crippen LogP contribution in [0.5, 0.6) is 0 Å². The second-order valence-electron chi connectivity index (χ2n) is 5.19. The Balaban J connectivity index is 1.79. The first-order valence-electron chi connectivity index (χ1n) is 7.09. The molecule has 5 heteroatoms. The van der Waals surface area contributed by atoms with E-state index in [1.54, 1.807) is 18.2 Å². The third kappa shape index (κ3) is 4.02. The predicted molar refractivity (Wildman–Crippen MR) is 76.8 cm³/mol. The molecule has 4 nitrogen and oxygen atoms in total. The Bertz CT molecular complexity index is 452. The maximum atomic E-state index is 13.4. The summed E-state index contributed by atoms with van der Waals surface area (Å²) >= 11 is 0. The molecular weight excluding hydrogens is 257 g/mol. The van der Waals surface area contributed by atoms with E-state index in [1.807, 2.05) is 7.05 Å². The van der Waals surface area contributed by atoms with Gasteiger partial charge in [0.05, 0.1) is 6.54 Å². The van der Waals surface area contributed by atoms with Crippen LogP contribution in [-0.4, -0.2) is 43.5 Å². The molecule has 1 heterocycles. The van der Waals surface area contributed by atoms with Crippen molar-refractivity contribution < 1.29 is 9.18 Å². The molecular formula is C15H22FN3O. The summed E-state index contributed by atoms with van der Waals surface area (Å²) in [5, 5.41) is 5.94. The maximum absolute atomic E-state index is 13.4. The first-order chi connectivity index (χ1) is 9.70. The van der Waals surface area contributed by atoms with Crippen molar-refractivity contribution in [3.05, 3.63) is 35.6 Å². The lowest BCUT2D eigenvalue weighted by Gasteiger charge is -2.23. The number of halogens is 1. The van der Waals surface area contributed by atoms with Gasteiger partial charge in [0.15, 0.2) is 0 Å². The number of rotatable bonds is 6. The fraction of sp³-hybridized carbons (Fsp3) is 0.533. The lowest BCUT2D eigenvalue weighted by Crippen LogP contribution is -2.43. The third-order valence-electron chi connectivity index (χ3n) is 3.72. The average molecular weight is 279 g/mol. The molecule has 1 aliphatic rings. The smallest absolute Gasteiger partial charge is 0.234 e. The summed E-state index contributed by atoms with van der Waals surface area (Å²) in [6.45, 7) is 2.50. The van der Waals surface area contributed by atoms with Gasteiger partial charge in [0.25, 0.3) is 0 Å². The lowest BCUT2D eigenvalue weighted by atomic mass is 10.2. The first-order valence-corrected chi connectivity index (χ1v) is 7.09. The molecule has 110 valence electrons. The lowest BCUT2D eigenvalue weighted by molar-refractivity contribution is -0.122. The highest BCUT2D eigenvalue weighted by atomic mass is 19.1. The Labute approximate surface area is 119 Å². The van der Waals surface area contributed by atoms with Gasteiger partial charge < -0.3 is 10.6 Å². The van der Waals surface area contributed by atoms with E-state index >= 15 is 0 Å². The highest BCUT2D eigenvalue weighted by molar-refractivity contribution is 5.78. The summed E-state index contributed by atoms with van der Waals surface area (Å²) < 4.78 is 13.4. The third-order valence-corrected chi connectivity index (χ3v) is 3.72. The minimum atomic E-state index is -0.276. The second-order valence-corrected chi connectivity index (χ2v) is 5.19. The SMILES string of the molecule is CNCC1CCCN1CC(=O)NCc1ccccc1F. The Morgan fingerprint density at radius 1 is 1.45 bits per heavy atom. The first kappa shape index (κ1) is 14.9. The summed E-state index contributed by atoms with van der Waals surface area (Å²) in [5.41, 5.74) is 0.522. The predicted octanol–water partition coefficient (Wildman–Crippen LogP) is 1.13. The summed E-state index contributed by atoms with van der Waals surface area (Å²) in [4.78, 5) is 14.1. The zero-order valence-corrected chi connectivity index (χ0v) is 11.9. The molecule has 0 bridgehead atoms. The van der Waals surface area contributed by atoms with Crippen LogP contribution in [0.15, 0.2) is 24.3 Å². The summed E-state index contributed by atoms with van der Waals surface area (Å²) in [5.74, 6) is -0.321. The van der Waals surface area contributed by atoms with Crippen LogP contribution in [-0.2, 0) is 11.3 Å². The Morgan fingerprint density at radius 2 is 2.25 bits per heavy atom. The van der Waals surface area contributed by atoms with Gasteiger partial charge in [-0.2, -0.15) is 0 Å². The van der Waals surface area contributed by atoms with Crippen molar-refractivity contribution in [1.29, 1.82) is 0 Å². The highest BCUT2D eigenvalue weighted by Gasteiger charge is 2.25. The number of nitrogens with zero attached hydrogens (tertiary/aromatic N) is 1. The number of likely N-dealkylation sites (N-methyl/N-ethyl adjacent to an activating group) is 1. The molecule has 1 amide bonds. The molecule has 2 rings (SSSR count). The summed E-state index contributed by atoms with van der Waals surface area (Å²) in [6.07, 6.45) is 2.26. The molecule has 0 saturated carbocycles. The van der Waals surface area contributed by atoms with E-state index in [1.165, 1.54) is 6.07 Å². The van der Waals surface area contributed by atoms with Gasteiger partial charge in [-0.05, 0) is 32.5 Å². The van der Waals surface area contributed by atoms with Crippen molar-refractivity contribution in [2.75, 3.05) is 26.7 Å². The number of amides is 1. The molecule has 1 atom stereocenters. The quantitative estimate of drug-likeness (QED) is 0.820. The molecule has 0 aromatic heterocycles. The van der Waals surface area contributed by atoms with Crippen LogP contribution in [0.3, 0.4) is 0 Å². The van der Waals surface area contributed by atoms with Crippen LogP contribution in [0.4, 0.5) is 4.39 Å².